The summed E-state index contributed by atoms with van der Waals surface area (Å²) in [6.07, 6.45) is 0. The highest BCUT2D eigenvalue weighted by Crippen LogP contribution is 2.05. The molecule has 1 saturated heterocycles. The highest BCUT2D eigenvalue weighted by molar-refractivity contribution is 5.35. The first-order valence-corrected chi connectivity index (χ1v) is 4.12. The maximum absolute atomic E-state index is 4.01. The third kappa shape index (κ3) is 1.53. The molecule has 0 atom stereocenters. The first kappa shape index (κ1) is 7.49. The van der Waals surface area contributed by atoms with Crippen LogP contribution in [0.3, 0.4) is 0 Å². The van der Waals surface area contributed by atoms with E-state index < -0.39 is 0 Å². The number of rotatable bonds is 2. The van der Waals surface area contributed by atoms with Gasteiger partial charge >= 0.3 is 0 Å². The maximum Gasteiger partial charge on any atom is 0.148 e. The predicted octanol–water partition coefficient (Wildman–Crippen LogP) is 0.169. The molecule has 1 aliphatic heterocycles. The fourth-order valence-corrected chi connectivity index (χ4v) is 1.08. The van der Waals surface area contributed by atoms with Gasteiger partial charge in [-0.25, -0.2) is 0 Å². The molecule has 0 spiro atoms. The first-order chi connectivity index (χ1) is 5.84. The summed E-state index contributed by atoms with van der Waals surface area (Å²) in [5.41, 5.74) is 0.951. The summed E-state index contributed by atoms with van der Waals surface area (Å²) >= 11 is 0. The number of aromatic nitrogens is 2. The molecule has 1 aromatic heterocycles. The monoisotopic (exact) mass is 164 g/mol. The van der Waals surface area contributed by atoms with Crippen LogP contribution >= 0.6 is 0 Å². The molecule has 0 radical (unpaired) electrons. The lowest BCUT2D eigenvalue weighted by Crippen LogP contribution is -2.51. The Morgan fingerprint density at radius 1 is 1.42 bits per heavy atom. The van der Waals surface area contributed by atoms with Gasteiger partial charge in [-0.3, -0.25) is 0 Å². The van der Waals surface area contributed by atoms with Crippen LogP contribution in [0, 0.1) is 6.92 Å². The summed E-state index contributed by atoms with van der Waals surface area (Å²) in [7, 11) is 0. The number of anilines is 1. The standard InChI is InChI=1S/C8H12N4/c1-6-2-3-8(12-11-6)10-7-4-9-5-7/h2-3,7,9H,4-5H2,1H3,(H,10,12). The zero-order chi connectivity index (χ0) is 8.39. The van der Waals surface area contributed by atoms with Gasteiger partial charge in [0.25, 0.3) is 0 Å². The molecule has 4 nitrogen and oxygen atoms in total. The van der Waals surface area contributed by atoms with Gasteiger partial charge in [0, 0.05) is 13.1 Å². The Hall–Kier alpha value is -1.16. The van der Waals surface area contributed by atoms with Crippen LogP contribution in [-0.4, -0.2) is 29.3 Å². The van der Waals surface area contributed by atoms with E-state index in [0.29, 0.717) is 6.04 Å². The quantitative estimate of drug-likeness (QED) is 0.654. The van der Waals surface area contributed by atoms with Gasteiger partial charge in [0.15, 0.2) is 0 Å². The minimum atomic E-state index is 0.530. The van der Waals surface area contributed by atoms with Gasteiger partial charge in [-0.15, -0.1) is 5.10 Å². The van der Waals surface area contributed by atoms with Gasteiger partial charge in [-0.1, -0.05) is 0 Å². The minimum Gasteiger partial charge on any atom is -0.363 e. The molecule has 1 aliphatic rings. The normalized spacial score (nSPS) is 17.1. The molecule has 0 aromatic carbocycles. The highest BCUT2D eigenvalue weighted by atomic mass is 15.2. The van der Waals surface area contributed by atoms with Crippen molar-refractivity contribution in [1.29, 1.82) is 0 Å². The molecular weight excluding hydrogens is 152 g/mol. The molecular formula is C8H12N4. The molecule has 0 unspecified atom stereocenters. The summed E-state index contributed by atoms with van der Waals surface area (Å²) in [5.74, 6) is 0.868. The minimum absolute atomic E-state index is 0.530. The van der Waals surface area contributed by atoms with E-state index in [1.165, 1.54) is 0 Å². The molecule has 0 bridgehead atoms. The van der Waals surface area contributed by atoms with E-state index in [2.05, 4.69) is 20.8 Å². The Kier molecular flexibility index (Phi) is 1.91. The predicted molar refractivity (Wildman–Crippen MR) is 47.0 cm³/mol. The van der Waals surface area contributed by atoms with Gasteiger partial charge in [0.1, 0.15) is 5.82 Å². The number of aryl methyl sites for hydroxylation is 1. The van der Waals surface area contributed by atoms with E-state index in [0.717, 1.165) is 24.6 Å². The molecule has 2 N–H and O–H groups in total. The van der Waals surface area contributed by atoms with Gasteiger partial charge in [0.2, 0.25) is 0 Å². The lowest BCUT2D eigenvalue weighted by molar-refractivity contribution is 0.470. The van der Waals surface area contributed by atoms with Crippen molar-refractivity contribution in [3.05, 3.63) is 17.8 Å². The van der Waals surface area contributed by atoms with Crippen LogP contribution in [0.25, 0.3) is 0 Å². The van der Waals surface area contributed by atoms with E-state index in [4.69, 9.17) is 0 Å². The summed E-state index contributed by atoms with van der Waals surface area (Å²) < 4.78 is 0. The zero-order valence-electron chi connectivity index (χ0n) is 7.04. The van der Waals surface area contributed by atoms with Crippen molar-refractivity contribution in [1.82, 2.24) is 15.5 Å². The van der Waals surface area contributed by atoms with E-state index in [-0.39, 0.29) is 0 Å². The SMILES string of the molecule is Cc1ccc(NC2CNC2)nn1. The van der Waals surface area contributed by atoms with Gasteiger partial charge in [-0.2, -0.15) is 5.10 Å². The molecule has 1 aromatic rings. The first-order valence-electron chi connectivity index (χ1n) is 4.12. The molecule has 0 aliphatic carbocycles. The van der Waals surface area contributed by atoms with Gasteiger partial charge in [0.05, 0.1) is 11.7 Å². The van der Waals surface area contributed by atoms with Crippen molar-refractivity contribution in [2.24, 2.45) is 0 Å². The summed E-state index contributed by atoms with van der Waals surface area (Å²) in [6, 6.07) is 4.45. The van der Waals surface area contributed by atoms with E-state index >= 15 is 0 Å². The number of hydrogen-bond donors (Lipinski definition) is 2. The van der Waals surface area contributed by atoms with Crippen LogP contribution in [0.15, 0.2) is 12.1 Å². The average molecular weight is 164 g/mol. The van der Waals surface area contributed by atoms with Crippen molar-refractivity contribution >= 4 is 5.82 Å². The zero-order valence-corrected chi connectivity index (χ0v) is 7.04. The third-order valence-electron chi connectivity index (χ3n) is 1.93. The summed E-state index contributed by atoms with van der Waals surface area (Å²) in [4.78, 5) is 0. The lowest BCUT2D eigenvalue weighted by Gasteiger charge is -2.28. The van der Waals surface area contributed by atoms with Crippen molar-refractivity contribution in [3.63, 3.8) is 0 Å². The molecule has 0 saturated carbocycles. The molecule has 2 rings (SSSR count). The Balaban J connectivity index is 1.98. The van der Waals surface area contributed by atoms with Crippen molar-refractivity contribution in [2.45, 2.75) is 13.0 Å². The number of nitrogens with one attached hydrogen (secondary N) is 2. The fourth-order valence-electron chi connectivity index (χ4n) is 1.08. The topological polar surface area (TPSA) is 49.8 Å². The molecule has 4 heteroatoms. The van der Waals surface area contributed by atoms with Crippen molar-refractivity contribution in [3.8, 4) is 0 Å². The van der Waals surface area contributed by atoms with Crippen LogP contribution in [0.2, 0.25) is 0 Å². The highest BCUT2D eigenvalue weighted by Gasteiger charge is 2.16. The Morgan fingerprint density at radius 3 is 2.75 bits per heavy atom. The third-order valence-corrected chi connectivity index (χ3v) is 1.93. The van der Waals surface area contributed by atoms with Gasteiger partial charge in [-0.05, 0) is 19.1 Å². The second-order valence-electron chi connectivity index (χ2n) is 3.06. The van der Waals surface area contributed by atoms with E-state index in [1.54, 1.807) is 0 Å². The number of hydrogen-bond acceptors (Lipinski definition) is 4. The maximum atomic E-state index is 4.01. The molecule has 2 heterocycles. The fraction of sp³-hybridized carbons (Fsp3) is 0.500. The second kappa shape index (κ2) is 3.06. The molecule has 12 heavy (non-hydrogen) atoms. The van der Waals surface area contributed by atoms with Crippen LogP contribution in [0.5, 0.6) is 0 Å². The Bertz CT molecular complexity index is 252. The van der Waals surface area contributed by atoms with Crippen molar-refractivity contribution in [2.75, 3.05) is 18.4 Å². The van der Waals surface area contributed by atoms with Crippen LogP contribution in [0.4, 0.5) is 5.82 Å². The summed E-state index contributed by atoms with van der Waals surface area (Å²) in [6.45, 7) is 3.98. The Morgan fingerprint density at radius 2 is 2.25 bits per heavy atom. The molecule has 1 fully saturated rings. The van der Waals surface area contributed by atoms with Crippen LogP contribution < -0.4 is 10.6 Å². The number of nitrogens with zero attached hydrogens (tertiary/aromatic N) is 2. The van der Waals surface area contributed by atoms with Gasteiger partial charge < -0.3 is 10.6 Å². The average Bonchev–Trinajstić information content (AvgIpc) is 2.00. The van der Waals surface area contributed by atoms with Crippen molar-refractivity contribution < 1.29 is 0 Å². The summed E-state index contributed by atoms with van der Waals surface area (Å²) in [5, 5.41) is 14.4. The van der Waals surface area contributed by atoms with Crippen LogP contribution in [0.1, 0.15) is 5.69 Å². The second-order valence-corrected chi connectivity index (χ2v) is 3.06. The molecule has 0 amide bonds. The van der Waals surface area contributed by atoms with E-state index in [1.807, 2.05) is 19.1 Å². The largest absolute Gasteiger partial charge is 0.363 e. The smallest absolute Gasteiger partial charge is 0.148 e. The lowest BCUT2D eigenvalue weighted by atomic mass is 10.2. The molecule has 64 valence electrons. The van der Waals surface area contributed by atoms with E-state index in [9.17, 15) is 0 Å². The van der Waals surface area contributed by atoms with Crippen LogP contribution in [-0.2, 0) is 0 Å². The Labute approximate surface area is 71.4 Å².